The molecule has 1 aliphatic rings. The van der Waals surface area contributed by atoms with E-state index >= 15 is 0 Å². The van der Waals surface area contributed by atoms with Gasteiger partial charge >= 0.3 is 0 Å². The smallest absolute Gasteiger partial charge is 0.222 e. The molecule has 1 aromatic heterocycles. The number of para-hydroxylation sites is 1. The number of benzene rings is 1. The number of fused-ring (bicyclic) bond motifs is 1. The summed E-state index contributed by atoms with van der Waals surface area (Å²) in [6.07, 6.45) is 1.47. The molecule has 118 valence electrons. The third-order valence-corrected chi connectivity index (χ3v) is 4.30. The van der Waals surface area contributed by atoms with E-state index in [9.17, 15) is 10.1 Å². The van der Waals surface area contributed by atoms with Crippen molar-refractivity contribution in [3.05, 3.63) is 35.9 Å². The summed E-state index contributed by atoms with van der Waals surface area (Å²) in [5.41, 5.74) is 1.49. The summed E-state index contributed by atoms with van der Waals surface area (Å²) < 4.78 is 0. The van der Waals surface area contributed by atoms with Gasteiger partial charge in [-0.1, -0.05) is 25.1 Å². The van der Waals surface area contributed by atoms with E-state index in [4.69, 9.17) is 4.98 Å². The van der Waals surface area contributed by atoms with Crippen LogP contribution in [-0.2, 0) is 4.79 Å². The number of carbonyl (C=O) groups excluding carboxylic acids is 1. The molecule has 1 aliphatic heterocycles. The third-order valence-electron chi connectivity index (χ3n) is 4.30. The number of nitriles is 1. The van der Waals surface area contributed by atoms with Crippen molar-refractivity contribution in [1.82, 2.24) is 9.88 Å². The molecule has 23 heavy (non-hydrogen) atoms. The first-order valence-corrected chi connectivity index (χ1v) is 8.05. The van der Waals surface area contributed by atoms with Crippen LogP contribution >= 0.6 is 0 Å². The zero-order valence-electron chi connectivity index (χ0n) is 13.3. The molecule has 0 saturated carbocycles. The molecule has 0 bridgehead atoms. The summed E-state index contributed by atoms with van der Waals surface area (Å²) in [7, 11) is 0. The van der Waals surface area contributed by atoms with Crippen molar-refractivity contribution in [3.63, 3.8) is 0 Å². The highest BCUT2D eigenvalue weighted by molar-refractivity contribution is 5.86. The molecule has 0 spiro atoms. The first-order chi connectivity index (χ1) is 11.2. The highest BCUT2D eigenvalue weighted by Gasteiger charge is 2.19. The van der Waals surface area contributed by atoms with Gasteiger partial charge in [0.05, 0.1) is 17.1 Å². The second-order valence-electron chi connectivity index (χ2n) is 5.73. The van der Waals surface area contributed by atoms with Gasteiger partial charge in [0.25, 0.3) is 0 Å². The van der Waals surface area contributed by atoms with Gasteiger partial charge < -0.3 is 9.80 Å². The average molecular weight is 308 g/mol. The number of carbonyl (C=O) groups is 1. The summed E-state index contributed by atoms with van der Waals surface area (Å²) >= 11 is 0. The van der Waals surface area contributed by atoms with Crippen LogP contribution < -0.4 is 4.90 Å². The molecule has 1 saturated heterocycles. The maximum absolute atomic E-state index is 11.9. The van der Waals surface area contributed by atoms with Gasteiger partial charge in [-0.2, -0.15) is 5.26 Å². The number of pyridine rings is 1. The Morgan fingerprint density at radius 3 is 2.87 bits per heavy atom. The predicted octanol–water partition coefficient (Wildman–Crippen LogP) is 2.56. The maximum Gasteiger partial charge on any atom is 0.222 e. The highest BCUT2D eigenvalue weighted by atomic mass is 16.2. The lowest BCUT2D eigenvalue weighted by Crippen LogP contribution is -2.34. The molecular weight excluding hydrogens is 288 g/mol. The van der Waals surface area contributed by atoms with Crippen molar-refractivity contribution in [2.24, 2.45) is 0 Å². The second-order valence-corrected chi connectivity index (χ2v) is 5.73. The standard InChI is InChI=1S/C18H20N4O/c1-2-18(23)22-9-5-8-21(10-11-22)17-12-14(13-19)15-6-3-4-7-16(15)20-17/h3-4,6-7,12H,2,5,8-11H2,1H3. The predicted molar refractivity (Wildman–Crippen MR) is 90.2 cm³/mol. The minimum absolute atomic E-state index is 0.205. The molecule has 2 aromatic rings. The summed E-state index contributed by atoms with van der Waals surface area (Å²) in [6, 6.07) is 11.8. The lowest BCUT2D eigenvalue weighted by Gasteiger charge is -2.23. The van der Waals surface area contributed by atoms with E-state index in [2.05, 4.69) is 11.0 Å². The SMILES string of the molecule is CCC(=O)N1CCCN(c2cc(C#N)c3ccccc3n2)CC1. The number of amides is 1. The molecule has 1 aromatic carbocycles. The minimum Gasteiger partial charge on any atom is -0.355 e. The first kappa shape index (κ1) is 15.3. The van der Waals surface area contributed by atoms with Gasteiger partial charge in [-0.25, -0.2) is 4.98 Å². The fourth-order valence-electron chi connectivity index (χ4n) is 3.04. The molecule has 5 nitrogen and oxygen atoms in total. The number of hydrogen-bond acceptors (Lipinski definition) is 4. The van der Waals surface area contributed by atoms with Crippen molar-refractivity contribution < 1.29 is 4.79 Å². The van der Waals surface area contributed by atoms with Crippen LogP contribution in [0.5, 0.6) is 0 Å². The van der Waals surface area contributed by atoms with E-state index in [1.165, 1.54) is 0 Å². The van der Waals surface area contributed by atoms with E-state index in [-0.39, 0.29) is 5.91 Å². The van der Waals surface area contributed by atoms with E-state index < -0.39 is 0 Å². The van der Waals surface area contributed by atoms with Crippen molar-refractivity contribution in [1.29, 1.82) is 5.26 Å². The number of hydrogen-bond donors (Lipinski definition) is 0. The zero-order valence-corrected chi connectivity index (χ0v) is 13.3. The van der Waals surface area contributed by atoms with E-state index in [0.29, 0.717) is 18.5 Å². The van der Waals surface area contributed by atoms with Gasteiger partial charge in [0.15, 0.2) is 0 Å². The second kappa shape index (κ2) is 6.66. The van der Waals surface area contributed by atoms with Crippen LogP contribution in [0, 0.1) is 11.3 Å². The van der Waals surface area contributed by atoms with Crippen molar-refractivity contribution >= 4 is 22.6 Å². The number of anilines is 1. The van der Waals surface area contributed by atoms with Crippen molar-refractivity contribution in [2.75, 3.05) is 31.1 Å². The van der Waals surface area contributed by atoms with E-state index in [1.807, 2.05) is 42.2 Å². The first-order valence-electron chi connectivity index (χ1n) is 8.05. The zero-order chi connectivity index (χ0) is 16.2. The Kier molecular flexibility index (Phi) is 4.42. The molecule has 0 radical (unpaired) electrons. The van der Waals surface area contributed by atoms with Crippen molar-refractivity contribution in [3.8, 4) is 6.07 Å². The van der Waals surface area contributed by atoms with Crippen LogP contribution in [-0.4, -0.2) is 42.0 Å². The lowest BCUT2D eigenvalue weighted by molar-refractivity contribution is -0.130. The summed E-state index contributed by atoms with van der Waals surface area (Å²) in [6.45, 7) is 5.01. The lowest BCUT2D eigenvalue weighted by atomic mass is 10.1. The van der Waals surface area contributed by atoms with Crippen LogP contribution in [0.1, 0.15) is 25.3 Å². The van der Waals surface area contributed by atoms with Gasteiger partial charge in [0, 0.05) is 38.0 Å². The Morgan fingerprint density at radius 1 is 1.26 bits per heavy atom. The molecule has 2 heterocycles. The third kappa shape index (κ3) is 3.11. The van der Waals surface area contributed by atoms with Crippen LogP contribution in [0.2, 0.25) is 0 Å². The minimum atomic E-state index is 0.205. The van der Waals surface area contributed by atoms with Gasteiger partial charge in [0.1, 0.15) is 5.82 Å². The molecule has 0 N–H and O–H groups in total. The van der Waals surface area contributed by atoms with Crippen LogP contribution in [0.3, 0.4) is 0 Å². The summed E-state index contributed by atoms with van der Waals surface area (Å²) in [4.78, 5) is 20.7. The molecule has 1 amide bonds. The number of rotatable bonds is 2. The monoisotopic (exact) mass is 308 g/mol. The van der Waals surface area contributed by atoms with Gasteiger partial charge in [-0.15, -0.1) is 0 Å². The normalized spacial score (nSPS) is 15.3. The Bertz CT molecular complexity index is 765. The molecule has 0 unspecified atom stereocenters. The van der Waals surface area contributed by atoms with Gasteiger partial charge in [-0.05, 0) is 18.6 Å². The fourth-order valence-corrected chi connectivity index (χ4v) is 3.04. The molecule has 5 heteroatoms. The van der Waals surface area contributed by atoms with E-state index in [0.717, 1.165) is 42.8 Å². The van der Waals surface area contributed by atoms with Gasteiger partial charge in [0.2, 0.25) is 5.91 Å². The van der Waals surface area contributed by atoms with Crippen molar-refractivity contribution in [2.45, 2.75) is 19.8 Å². The molecule has 0 aliphatic carbocycles. The Hall–Kier alpha value is -2.61. The quantitative estimate of drug-likeness (QED) is 0.855. The maximum atomic E-state index is 11.9. The van der Waals surface area contributed by atoms with Gasteiger partial charge in [-0.3, -0.25) is 4.79 Å². The fraction of sp³-hybridized carbons (Fsp3) is 0.389. The largest absolute Gasteiger partial charge is 0.355 e. The van der Waals surface area contributed by atoms with Crippen LogP contribution in [0.4, 0.5) is 5.82 Å². The number of aromatic nitrogens is 1. The molecule has 1 fully saturated rings. The Morgan fingerprint density at radius 2 is 2.09 bits per heavy atom. The molecule has 3 rings (SSSR count). The van der Waals surface area contributed by atoms with E-state index in [1.54, 1.807) is 0 Å². The average Bonchev–Trinajstić information content (AvgIpc) is 2.86. The Labute approximate surface area is 136 Å². The topological polar surface area (TPSA) is 60.2 Å². The van der Waals surface area contributed by atoms with Crippen LogP contribution in [0.25, 0.3) is 10.9 Å². The summed E-state index contributed by atoms with van der Waals surface area (Å²) in [5, 5.41) is 10.3. The molecular formula is C18H20N4O. The summed E-state index contributed by atoms with van der Waals surface area (Å²) in [5.74, 6) is 1.03. The van der Waals surface area contributed by atoms with Crippen LogP contribution in [0.15, 0.2) is 30.3 Å². The highest BCUT2D eigenvalue weighted by Crippen LogP contribution is 2.23. The molecule has 0 atom stereocenters. The Balaban J connectivity index is 1.88. The number of nitrogens with zero attached hydrogens (tertiary/aromatic N) is 4.